The SMILES string of the molecule is Cc1ccc(N(CC(=O)NC(C)(C)CC(C)(C)C)S(=O)(=O)c2ccccc2)cc1. The van der Waals surface area contributed by atoms with Crippen LogP contribution in [0.3, 0.4) is 0 Å². The molecule has 0 aliphatic rings. The predicted octanol–water partition coefficient (Wildman–Crippen LogP) is 4.52. The molecule has 29 heavy (non-hydrogen) atoms. The second-order valence-electron chi connectivity index (χ2n) is 9.33. The zero-order chi connectivity index (χ0) is 21.9. The van der Waals surface area contributed by atoms with Gasteiger partial charge in [-0.25, -0.2) is 8.42 Å². The van der Waals surface area contributed by atoms with Gasteiger partial charge in [0, 0.05) is 5.54 Å². The van der Waals surface area contributed by atoms with Gasteiger partial charge in [-0.15, -0.1) is 0 Å². The van der Waals surface area contributed by atoms with Gasteiger partial charge in [-0.1, -0.05) is 56.7 Å². The van der Waals surface area contributed by atoms with Crippen LogP contribution in [0, 0.1) is 12.3 Å². The highest BCUT2D eigenvalue weighted by Crippen LogP contribution is 2.27. The molecule has 0 radical (unpaired) electrons. The van der Waals surface area contributed by atoms with Gasteiger partial charge in [0.05, 0.1) is 10.6 Å². The molecule has 0 fully saturated rings. The summed E-state index contributed by atoms with van der Waals surface area (Å²) in [6.45, 7) is 11.9. The molecular weight excluding hydrogens is 384 g/mol. The lowest BCUT2D eigenvalue weighted by atomic mass is 9.82. The molecule has 5 nitrogen and oxygen atoms in total. The Bertz CT molecular complexity index is 928. The van der Waals surface area contributed by atoms with Crippen LogP contribution in [0.4, 0.5) is 5.69 Å². The van der Waals surface area contributed by atoms with Gasteiger partial charge >= 0.3 is 0 Å². The number of sulfonamides is 1. The fraction of sp³-hybridized carbons (Fsp3) is 0.435. The van der Waals surface area contributed by atoms with Crippen LogP contribution in [-0.4, -0.2) is 26.4 Å². The minimum Gasteiger partial charge on any atom is -0.350 e. The van der Waals surface area contributed by atoms with E-state index in [9.17, 15) is 13.2 Å². The van der Waals surface area contributed by atoms with E-state index < -0.39 is 15.6 Å². The fourth-order valence-corrected chi connectivity index (χ4v) is 5.11. The summed E-state index contributed by atoms with van der Waals surface area (Å²) in [5, 5.41) is 3.00. The van der Waals surface area contributed by atoms with Crippen LogP contribution in [0.15, 0.2) is 59.5 Å². The monoisotopic (exact) mass is 416 g/mol. The van der Waals surface area contributed by atoms with Crippen LogP contribution >= 0.6 is 0 Å². The van der Waals surface area contributed by atoms with E-state index in [-0.39, 0.29) is 22.8 Å². The highest BCUT2D eigenvalue weighted by atomic mass is 32.2. The van der Waals surface area contributed by atoms with Crippen LogP contribution in [0.2, 0.25) is 0 Å². The molecule has 0 aliphatic heterocycles. The van der Waals surface area contributed by atoms with Crippen LogP contribution in [0.1, 0.15) is 46.6 Å². The summed E-state index contributed by atoms with van der Waals surface area (Å²) < 4.78 is 27.8. The van der Waals surface area contributed by atoms with Crippen LogP contribution in [0.5, 0.6) is 0 Å². The number of carbonyl (C=O) groups excluding carboxylic acids is 1. The van der Waals surface area contributed by atoms with Crippen molar-refractivity contribution in [3.05, 3.63) is 60.2 Å². The maximum Gasteiger partial charge on any atom is 0.264 e. The van der Waals surface area contributed by atoms with Crippen LogP contribution in [-0.2, 0) is 14.8 Å². The first-order valence-corrected chi connectivity index (χ1v) is 11.2. The topological polar surface area (TPSA) is 66.5 Å². The van der Waals surface area contributed by atoms with Gasteiger partial charge in [0.2, 0.25) is 5.91 Å². The third kappa shape index (κ3) is 6.60. The van der Waals surface area contributed by atoms with Gasteiger partial charge in [0.1, 0.15) is 6.54 Å². The van der Waals surface area contributed by atoms with Crippen molar-refractivity contribution in [1.29, 1.82) is 0 Å². The number of nitrogens with one attached hydrogen (secondary N) is 1. The van der Waals surface area contributed by atoms with Gasteiger partial charge in [-0.2, -0.15) is 0 Å². The molecular formula is C23H32N2O3S. The molecule has 0 unspecified atom stereocenters. The molecule has 0 bridgehead atoms. The standard InChI is InChI=1S/C23H32N2O3S/c1-18-12-14-19(15-13-18)25(29(27,28)20-10-8-7-9-11-20)16-21(26)24-23(5,6)17-22(2,3)4/h7-15H,16-17H2,1-6H3,(H,24,26). The summed E-state index contributed by atoms with van der Waals surface area (Å²) >= 11 is 0. The minimum absolute atomic E-state index is 0.0313. The molecule has 0 atom stereocenters. The first-order chi connectivity index (χ1) is 13.3. The van der Waals surface area contributed by atoms with Crippen molar-refractivity contribution in [2.75, 3.05) is 10.8 Å². The number of nitrogens with zero attached hydrogens (tertiary/aromatic N) is 1. The zero-order valence-corrected chi connectivity index (χ0v) is 19.0. The Morgan fingerprint density at radius 2 is 1.48 bits per heavy atom. The Morgan fingerprint density at radius 1 is 0.931 bits per heavy atom. The molecule has 0 aromatic heterocycles. The van der Waals surface area contributed by atoms with Crippen LogP contribution < -0.4 is 9.62 Å². The molecule has 1 N–H and O–H groups in total. The van der Waals surface area contributed by atoms with E-state index in [0.717, 1.165) is 12.0 Å². The Morgan fingerprint density at radius 3 is 2.00 bits per heavy atom. The van der Waals surface area contributed by atoms with Crippen molar-refractivity contribution in [2.45, 2.75) is 58.4 Å². The van der Waals surface area contributed by atoms with Gasteiger partial charge in [0.15, 0.2) is 0 Å². The normalized spacial score (nSPS) is 12.5. The number of amides is 1. The van der Waals surface area contributed by atoms with Crippen molar-refractivity contribution in [3.8, 4) is 0 Å². The molecule has 0 saturated heterocycles. The fourth-order valence-electron chi connectivity index (χ4n) is 3.66. The van der Waals surface area contributed by atoms with Crippen molar-refractivity contribution >= 4 is 21.6 Å². The summed E-state index contributed by atoms with van der Waals surface area (Å²) in [5.41, 5.74) is 1.05. The molecule has 2 aromatic rings. The van der Waals surface area contributed by atoms with Crippen molar-refractivity contribution in [1.82, 2.24) is 5.32 Å². The number of hydrogen-bond donors (Lipinski definition) is 1. The van der Waals surface area contributed by atoms with Gasteiger partial charge in [-0.3, -0.25) is 9.10 Å². The highest BCUT2D eigenvalue weighted by Gasteiger charge is 2.31. The third-order valence-electron chi connectivity index (χ3n) is 4.39. The van der Waals surface area contributed by atoms with E-state index in [1.165, 1.54) is 16.4 Å². The smallest absolute Gasteiger partial charge is 0.264 e. The molecule has 158 valence electrons. The lowest BCUT2D eigenvalue weighted by Gasteiger charge is -2.34. The quantitative estimate of drug-likeness (QED) is 0.721. The molecule has 0 aliphatic carbocycles. The van der Waals surface area contributed by atoms with Gasteiger partial charge in [0.25, 0.3) is 10.0 Å². The summed E-state index contributed by atoms with van der Waals surface area (Å²) in [7, 11) is -3.88. The van der Waals surface area contributed by atoms with E-state index in [1.807, 2.05) is 32.9 Å². The first kappa shape index (κ1) is 22.9. The highest BCUT2D eigenvalue weighted by molar-refractivity contribution is 7.92. The Balaban J connectivity index is 2.34. The third-order valence-corrected chi connectivity index (χ3v) is 6.18. The van der Waals surface area contributed by atoms with E-state index in [0.29, 0.717) is 5.69 Å². The molecule has 0 heterocycles. The van der Waals surface area contributed by atoms with E-state index in [1.54, 1.807) is 30.3 Å². The molecule has 2 aromatic carbocycles. The van der Waals surface area contributed by atoms with Crippen LogP contribution in [0.25, 0.3) is 0 Å². The largest absolute Gasteiger partial charge is 0.350 e. The number of benzene rings is 2. The number of hydrogen-bond acceptors (Lipinski definition) is 3. The van der Waals surface area contributed by atoms with E-state index in [4.69, 9.17) is 0 Å². The van der Waals surface area contributed by atoms with Gasteiger partial charge in [-0.05, 0) is 56.9 Å². The average Bonchev–Trinajstić information content (AvgIpc) is 2.58. The van der Waals surface area contributed by atoms with E-state index in [2.05, 4.69) is 26.1 Å². The summed E-state index contributed by atoms with van der Waals surface area (Å²) in [6.07, 6.45) is 0.766. The van der Waals surface area contributed by atoms with E-state index >= 15 is 0 Å². The number of anilines is 1. The van der Waals surface area contributed by atoms with Gasteiger partial charge < -0.3 is 5.32 Å². The summed E-state index contributed by atoms with van der Waals surface area (Å²) in [5.74, 6) is -0.334. The Labute approximate surface area is 175 Å². The molecule has 6 heteroatoms. The summed E-state index contributed by atoms with van der Waals surface area (Å²) in [4.78, 5) is 13.0. The Hall–Kier alpha value is -2.34. The van der Waals surface area contributed by atoms with Crippen molar-refractivity contribution in [2.24, 2.45) is 5.41 Å². The predicted molar refractivity (Wildman–Crippen MR) is 118 cm³/mol. The second-order valence-corrected chi connectivity index (χ2v) is 11.2. The maximum atomic E-state index is 13.3. The average molecular weight is 417 g/mol. The molecule has 2 rings (SSSR count). The number of aryl methyl sites for hydroxylation is 1. The molecule has 0 spiro atoms. The number of carbonyl (C=O) groups is 1. The Kier molecular flexibility index (Phi) is 6.78. The zero-order valence-electron chi connectivity index (χ0n) is 18.2. The van der Waals surface area contributed by atoms with Crippen molar-refractivity contribution < 1.29 is 13.2 Å². The lowest BCUT2D eigenvalue weighted by molar-refractivity contribution is -0.121. The maximum absolute atomic E-state index is 13.3. The summed E-state index contributed by atoms with van der Waals surface area (Å²) in [6, 6.07) is 15.3. The minimum atomic E-state index is -3.88. The number of rotatable bonds is 7. The molecule has 0 saturated carbocycles. The second kappa shape index (κ2) is 8.57. The molecule has 1 amide bonds. The van der Waals surface area contributed by atoms with Crippen molar-refractivity contribution in [3.63, 3.8) is 0 Å². The lowest BCUT2D eigenvalue weighted by Crippen LogP contribution is -2.50. The first-order valence-electron chi connectivity index (χ1n) is 9.76.